The van der Waals surface area contributed by atoms with Crippen LogP contribution in [0.5, 0.6) is 5.75 Å². The van der Waals surface area contributed by atoms with Gasteiger partial charge in [0.1, 0.15) is 5.75 Å². The Morgan fingerprint density at radius 1 is 1.11 bits per heavy atom. The van der Waals surface area contributed by atoms with Crippen molar-refractivity contribution in [2.75, 3.05) is 7.11 Å². The molecular weight excluding hydrogens is 334 g/mol. The van der Waals surface area contributed by atoms with Gasteiger partial charge >= 0.3 is 24.4 Å². The summed E-state index contributed by atoms with van der Waals surface area (Å²) in [5.74, 6) is 0.860. The third kappa shape index (κ3) is 3.75. The number of nitriles is 1. The van der Waals surface area contributed by atoms with Gasteiger partial charge in [-0.3, -0.25) is 0 Å². The topological polar surface area (TPSA) is 36.9 Å². The number of benzene rings is 1. The van der Waals surface area contributed by atoms with Crippen LogP contribution in [0.3, 0.4) is 0 Å². The van der Waals surface area contributed by atoms with Crippen molar-refractivity contribution in [2.45, 2.75) is 6.54 Å². The maximum atomic E-state index is 8.70. The first kappa shape index (κ1) is 14.5. The summed E-state index contributed by atoms with van der Waals surface area (Å²) in [6, 6.07) is 13.7. The summed E-state index contributed by atoms with van der Waals surface area (Å²) in [6.07, 6.45) is 3.81. The third-order valence-corrected chi connectivity index (χ3v) is 2.54. The molecular formula is C14H13N2OSb+4. The molecule has 1 heterocycles. The Labute approximate surface area is 124 Å². The molecule has 0 aliphatic carbocycles. The van der Waals surface area contributed by atoms with Gasteiger partial charge in [0.15, 0.2) is 18.9 Å². The first-order valence-electron chi connectivity index (χ1n) is 5.34. The molecule has 2 rings (SSSR count). The fourth-order valence-corrected chi connectivity index (χ4v) is 1.58. The molecule has 4 heteroatoms. The second-order valence-electron chi connectivity index (χ2n) is 3.72. The molecule has 0 bridgehead atoms. The fourth-order valence-electron chi connectivity index (χ4n) is 1.58. The number of rotatable bonds is 3. The molecule has 0 atom stereocenters. The normalized spacial score (nSPS) is 9.11. The van der Waals surface area contributed by atoms with Gasteiger partial charge in [-0.05, 0) is 24.3 Å². The number of ether oxygens (including phenoxy) is 1. The van der Waals surface area contributed by atoms with Crippen molar-refractivity contribution in [3.63, 3.8) is 0 Å². The molecule has 1 aromatic carbocycles. The summed E-state index contributed by atoms with van der Waals surface area (Å²) in [4.78, 5) is 0. The van der Waals surface area contributed by atoms with E-state index in [-0.39, 0.29) is 24.4 Å². The van der Waals surface area contributed by atoms with E-state index in [0.29, 0.717) is 5.56 Å². The molecule has 1 aromatic heterocycles. The molecule has 0 fully saturated rings. The zero-order valence-electron chi connectivity index (χ0n) is 10.1. The monoisotopic (exact) mass is 346 g/mol. The SMILES string of the molecule is COc1ccc(C[n+]2ccc(C#N)cc2)cc1.[Sb+3]. The summed E-state index contributed by atoms with van der Waals surface area (Å²) in [7, 11) is 1.66. The van der Waals surface area contributed by atoms with Crippen LogP contribution in [0.15, 0.2) is 48.8 Å². The molecule has 0 saturated heterocycles. The molecule has 0 amide bonds. The number of aromatic nitrogens is 1. The van der Waals surface area contributed by atoms with E-state index >= 15 is 0 Å². The van der Waals surface area contributed by atoms with Crippen LogP contribution in [-0.2, 0) is 6.54 Å². The van der Waals surface area contributed by atoms with Crippen LogP contribution in [0.1, 0.15) is 11.1 Å². The minimum absolute atomic E-state index is 0. The van der Waals surface area contributed by atoms with Crippen LogP contribution in [0.4, 0.5) is 0 Å². The quantitative estimate of drug-likeness (QED) is 0.624. The second kappa shape index (κ2) is 7.03. The molecule has 0 aliphatic heterocycles. The first-order chi connectivity index (χ1) is 8.31. The van der Waals surface area contributed by atoms with E-state index in [1.54, 1.807) is 7.11 Å². The minimum Gasteiger partial charge on any atom is -0.497 e. The van der Waals surface area contributed by atoms with Crippen LogP contribution in [0, 0.1) is 11.3 Å². The van der Waals surface area contributed by atoms with Crippen LogP contribution in [0.25, 0.3) is 0 Å². The van der Waals surface area contributed by atoms with Crippen molar-refractivity contribution < 1.29 is 9.30 Å². The molecule has 0 saturated carbocycles. The van der Waals surface area contributed by atoms with Crippen LogP contribution < -0.4 is 9.30 Å². The third-order valence-electron chi connectivity index (χ3n) is 2.54. The van der Waals surface area contributed by atoms with Gasteiger partial charge in [-0.1, -0.05) is 0 Å². The smallest absolute Gasteiger partial charge is 0.497 e. The van der Waals surface area contributed by atoms with Gasteiger partial charge < -0.3 is 4.74 Å². The van der Waals surface area contributed by atoms with Crippen LogP contribution in [-0.4, -0.2) is 31.5 Å². The summed E-state index contributed by atoms with van der Waals surface area (Å²) < 4.78 is 7.14. The van der Waals surface area contributed by atoms with E-state index in [2.05, 4.69) is 6.07 Å². The summed E-state index contributed by atoms with van der Waals surface area (Å²) >= 11 is 0. The Morgan fingerprint density at radius 3 is 2.22 bits per heavy atom. The molecule has 0 N–H and O–H groups in total. The molecule has 3 nitrogen and oxygen atoms in total. The average molecular weight is 347 g/mol. The van der Waals surface area contributed by atoms with E-state index in [4.69, 9.17) is 10.00 Å². The zero-order chi connectivity index (χ0) is 12.1. The van der Waals surface area contributed by atoms with E-state index in [1.165, 1.54) is 5.56 Å². The van der Waals surface area contributed by atoms with Crippen LogP contribution in [0.2, 0.25) is 0 Å². The van der Waals surface area contributed by atoms with E-state index in [0.717, 1.165) is 12.3 Å². The molecule has 0 unspecified atom stereocenters. The minimum atomic E-state index is 0. The van der Waals surface area contributed by atoms with Crippen molar-refractivity contribution in [3.8, 4) is 11.8 Å². The molecule has 18 heavy (non-hydrogen) atoms. The Morgan fingerprint density at radius 2 is 1.72 bits per heavy atom. The van der Waals surface area contributed by atoms with Gasteiger partial charge in [0, 0.05) is 17.7 Å². The van der Waals surface area contributed by atoms with Crippen LogP contribution >= 0.6 is 0 Å². The van der Waals surface area contributed by atoms with Gasteiger partial charge in [0.05, 0.1) is 18.7 Å². The number of pyridine rings is 1. The molecule has 2 radical (unpaired) electrons. The average Bonchev–Trinajstić information content (AvgIpc) is 2.40. The first-order valence-corrected chi connectivity index (χ1v) is 5.34. The summed E-state index contributed by atoms with van der Waals surface area (Å²) in [5, 5.41) is 8.70. The van der Waals surface area contributed by atoms with Crippen molar-refractivity contribution in [3.05, 3.63) is 59.9 Å². The number of nitrogens with zero attached hydrogens (tertiary/aromatic N) is 2. The predicted octanol–water partition coefficient (Wildman–Crippen LogP) is 1.52. The Bertz CT molecular complexity index is 529. The van der Waals surface area contributed by atoms with E-state index in [9.17, 15) is 0 Å². The van der Waals surface area contributed by atoms with Crippen molar-refractivity contribution in [1.29, 1.82) is 5.26 Å². The number of methoxy groups -OCH3 is 1. The zero-order valence-corrected chi connectivity index (χ0v) is 12.6. The Balaban J connectivity index is 0.00000162. The van der Waals surface area contributed by atoms with Crippen molar-refractivity contribution in [2.24, 2.45) is 0 Å². The molecule has 0 spiro atoms. The fraction of sp³-hybridized carbons (Fsp3) is 0.143. The molecule has 0 aliphatic rings. The van der Waals surface area contributed by atoms with Crippen molar-refractivity contribution in [1.82, 2.24) is 0 Å². The maximum absolute atomic E-state index is 8.70. The van der Waals surface area contributed by atoms with Gasteiger partial charge in [0.25, 0.3) is 0 Å². The Kier molecular flexibility index (Phi) is 5.68. The van der Waals surface area contributed by atoms with E-state index < -0.39 is 0 Å². The Hall–Kier alpha value is -1.52. The largest absolute Gasteiger partial charge is 3.00 e. The second-order valence-corrected chi connectivity index (χ2v) is 3.72. The standard InChI is InChI=1S/C14H13N2O.Sb/c1-17-14-4-2-13(3-5-14)11-16-8-6-12(10-15)7-9-16;/h2-9H,11H2,1H3;/q+1;+3. The van der Waals surface area contributed by atoms with Crippen molar-refractivity contribution >= 4 is 24.4 Å². The van der Waals surface area contributed by atoms with Gasteiger partial charge in [-0.15, -0.1) is 0 Å². The van der Waals surface area contributed by atoms with Gasteiger partial charge in [0.2, 0.25) is 0 Å². The summed E-state index contributed by atoms with van der Waals surface area (Å²) in [5.41, 5.74) is 1.87. The molecule has 86 valence electrons. The number of hydrogen-bond donors (Lipinski definition) is 0. The number of hydrogen-bond acceptors (Lipinski definition) is 2. The van der Waals surface area contributed by atoms with Gasteiger partial charge in [-0.25, -0.2) is 4.57 Å². The van der Waals surface area contributed by atoms with E-state index in [1.807, 2.05) is 53.4 Å². The maximum Gasteiger partial charge on any atom is 3.00 e. The summed E-state index contributed by atoms with van der Waals surface area (Å²) in [6.45, 7) is 0.787. The van der Waals surface area contributed by atoms with Gasteiger partial charge in [-0.2, -0.15) is 5.26 Å². The molecule has 2 aromatic rings. The predicted molar refractivity (Wildman–Crippen MR) is 69.2 cm³/mol.